The highest BCUT2D eigenvalue weighted by Crippen LogP contribution is 2.31. The molecule has 154 valence electrons. The lowest BCUT2D eigenvalue weighted by Gasteiger charge is -2.16. The normalized spacial score (nSPS) is 10.4. The molecule has 0 saturated carbocycles. The van der Waals surface area contributed by atoms with Crippen LogP contribution in [0.4, 0.5) is 11.4 Å². The first kappa shape index (κ1) is 21.0. The second-order valence-corrected chi connectivity index (χ2v) is 7.50. The van der Waals surface area contributed by atoms with E-state index in [1.807, 2.05) is 54.6 Å². The van der Waals surface area contributed by atoms with Gasteiger partial charge in [-0.3, -0.25) is 14.6 Å². The number of benzene rings is 2. The molecule has 0 unspecified atom stereocenters. The SMILES string of the molecule is CN(C)C(=O)Cc1cncc(Nc2cc(C(=O)N(C)C)ccc2-c2ccccc2)c1. The third-order valence-corrected chi connectivity index (χ3v) is 4.69. The molecule has 6 heteroatoms. The summed E-state index contributed by atoms with van der Waals surface area (Å²) in [4.78, 5) is 31.9. The number of amides is 2. The van der Waals surface area contributed by atoms with Crippen LogP contribution in [-0.4, -0.2) is 54.8 Å². The van der Waals surface area contributed by atoms with E-state index in [0.717, 1.165) is 28.1 Å². The summed E-state index contributed by atoms with van der Waals surface area (Å²) in [6, 6.07) is 17.5. The Morgan fingerprint density at radius 2 is 1.63 bits per heavy atom. The number of carbonyl (C=O) groups excluding carboxylic acids is 2. The summed E-state index contributed by atoms with van der Waals surface area (Å²) in [7, 11) is 6.93. The highest BCUT2D eigenvalue weighted by atomic mass is 16.2. The molecule has 0 bridgehead atoms. The zero-order valence-corrected chi connectivity index (χ0v) is 17.7. The van der Waals surface area contributed by atoms with Gasteiger partial charge in [0.1, 0.15) is 0 Å². The fraction of sp³-hybridized carbons (Fsp3) is 0.208. The van der Waals surface area contributed by atoms with Gasteiger partial charge in [0.2, 0.25) is 5.91 Å². The quantitative estimate of drug-likeness (QED) is 0.681. The third kappa shape index (κ3) is 5.03. The molecule has 0 fully saturated rings. The van der Waals surface area contributed by atoms with Crippen LogP contribution in [0.3, 0.4) is 0 Å². The first-order valence-corrected chi connectivity index (χ1v) is 9.67. The van der Waals surface area contributed by atoms with Crippen molar-refractivity contribution in [1.82, 2.24) is 14.8 Å². The Labute approximate surface area is 177 Å². The van der Waals surface area contributed by atoms with Crippen molar-refractivity contribution in [3.8, 4) is 11.1 Å². The first-order chi connectivity index (χ1) is 14.3. The Bertz CT molecular complexity index is 1050. The summed E-state index contributed by atoms with van der Waals surface area (Å²) in [6.07, 6.45) is 3.68. The Morgan fingerprint density at radius 3 is 2.30 bits per heavy atom. The van der Waals surface area contributed by atoms with Crippen molar-refractivity contribution in [2.24, 2.45) is 0 Å². The van der Waals surface area contributed by atoms with Crippen LogP contribution in [-0.2, 0) is 11.2 Å². The maximum Gasteiger partial charge on any atom is 0.253 e. The lowest BCUT2D eigenvalue weighted by Crippen LogP contribution is -2.23. The average molecular weight is 402 g/mol. The van der Waals surface area contributed by atoms with E-state index in [1.165, 1.54) is 0 Å². The lowest BCUT2D eigenvalue weighted by atomic mass is 10.0. The van der Waals surface area contributed by atoms with Gasteiger partial charge < -0.3 is 15.1 Å². The largest absolute Gasteiger partial charge is 0.354 e. The fourth-order valence-electron chi connectivity index (χ4n) is 3.05. The Morgan fingerprint density at radius 1 is 0.900 bits per heavy atom. The number of nitrogens with zero attached hydrogens (tertiary/aromatic N) is 3. The van der Waals surface area contributed by atoms with Crippen molar-refractivity contribution >= 4 is 23.2 Å². The smallest absolute Gasteiger partial charge is 0.253 e. The van der Waals surface area contributed by atoms with E-state index < -0.39 is 0 Å². The fourth-order valence-corrected chi connectivity index (χ4v) is 3.05. The highest BCUT2D eigenvalue weighted by molar-refractivity contribution is 5.97. The molecular formula is C24H26N4O2. The van der Waals surface area contributed by atoms with Gasteiger partial charge in [0, 0.05) is 51.2 Å². The summed E-state index contributed by atoms with van der Waals surface area (Å²) in [5.74, 6) is -0.0568. The predicted octanol–water partition coefficient (Wildman–Crippen LogP) is 3.82. The standard InChI is InChI=1S/C24H26N4O2/c1-27(2)23(29)13-17-12-20(16-25-15-17)26-22-14-19(24(30)28(3)4)10-11-21(22)18-8-6-5-7-9-18/h5-12,14-16,26H,13H2,1-4H3. The molecule has 0 radical (unpaired) electrons. The molecule has 1 N–H and O–H groups in total. The Hall–Kier alpha value is -3.67. The molecule has 6 nitrogen and oxygen atoms in total. The Kier molecular flexibility index (Phi) is 6.47. The molecule has 3 rings (SSSR count). The topological polar surface area (TPSA) is 65.5 Å². The summed E-state index contributed by atoms with van der Waals surface area (Å²) in [6.45, 7) is 0. The molecular weight excluding hydrogens is 376 g/mol. The van der Waals surface area contributed by atoms with Crippen LogP contribution < -0.4 is 5.32 Å². The monoisotopic (exact) mass is 402 g/mol. The molecule has 30 heavy (non-hydrogen) atoms. The highest BCUT2D eigenvalue weighted by Gasteiger charge is 2.13. The summed E-state index contributed by atoms with van der Waals surface area (Å²) < 4.78 is 0. The van der Waals surface area contributed by atoms with Crippen molar-refractivity contribution in [3.63, 3.8) is 0 Å². The zero-order chi connectivity index (χ0) is 21.7. The molecule has 2 amide bonds. The van der Waals surface area contributed by atoms with Gasteiger partial charge >= 0.3 is 0 Å². The molecule has 0 aliphatic rings. The van der Waals surface area contributed by atoms with E-state index >= 15 is 0 Å². The van der Waals surface area contributed by atoms with Gasteiger partial charge in [-0.1, -0.05) is 36.4 Å². The zero-order valence-electron chi connectivity index (χ0n) is 17.7. The predicted molar refractivity (Wildman–Crippen MR) is 120 cm³/mol. The molecule has 3 aromatic rings. The van der Waals surface area contributed by atoms with E-state index in [-0.39, 0.29) is 18.2 Å². The minimum Gasteiger partial charge on any atom is -0.354 e. The molecule has 1 aromatic heterocycles. The summed E-state index contributed by atoms with van der Waals surface area (Å²) in [5.41, 5.74) is 4.98. The molecule has 0 aliphatic heterocycles. The van der Waals surface area contributed by atoms with E-state index in [9.17, 15) is 9.59 Å². The lowest BCUT2D eigenvalue weighted by molar-refractivity contribution is -0.127. The minimum absolute atomic E-state index is 0.0116. The Balaban J connectivity index is 1.98. The number of anilines is 2. The molecule has 0 spiro atoms. The van der Waals surface area contributed by atoms with E-state index in [4.69, 9.17) is 0 Å². The molecule has 0 saturated heterocycles. The van der Waals surface area contributed by atoms with Gasteiger partial charge in [-0.15, -0.1) is 0 Å². The second-order valence-electron chi connectivity index (χ2n) is 7.50. The summed E-state index contributed by atoms with van der Waals surface area (Å²) >= 11 is 0. The van der Waals surface area contributed by atoms with Gasteiger partial charge in [0.05, 0.1) is 18.3 Å². The van der Waals surface area contributed by atoms with Gasteiger partial charge in [0.25, 0.3) is 5.91 Å². The van der Waals surface area contributed by atoms with Crippen molar-refractivity contribution in [2.45, 2.75) is 6.42 Å². The molecule has 1 heterocycles. The van der Waals surface area contributed by atoms with Gasteiger partial charge in [-0.25, -0.2) is 0 Å². The van der Waals surface area contributed by atoms with Crippen LogP contribution in [0.25, 0.3) is 11.1 Å². The van der Waals surface area contributed by atoms with E-state index in [0.29, 0.717) is 5.56 Å². The molecule has 0 atom stereocenters. The van der Waals surface area contributed by atoms with Crippen molar-refractivity contribution in [2.75, 3.05) is 33.5 Å². The van der Waals surface area contributed by atoms with Gasteiger partial charge in [-0.05, 0) is 29.3 Å². The van der Waals surface area contributed by atoms with Crippen LogP contribution in [0.1, 0.15) is 15.9 Å². The number of likely N-dealkylation sites (N-methyl/N-ethyl adjacent to an activating group) is 1. The van der Waals surface area contributed by atoms with Gasteiger partial charge in [-0.2, -0.15) is 0 Å². The van der Waals surface area contributed by atoms with Crippen molar-refractivity contribution in [3.05, 3.63) is 78.1 Å². The van der Waals surface area contributed by atoms with E-state index in [2.05, 4.69) is 10.3 Å². The van der Waals surface area contributed by atoms with Crippen LogP contribution >= 0.6 is 0 Å². The maximum atomic E-state index is 12.5. The number of nitrogens with one attached hydrogen (secondary N) is 1. The van der Waals surface area contributed by atoms with Crippen LogP contribution in [0, 0.1) is 0 Å². The number of rotatable bonds is 6. The van der Waals surface area contributed by atoms with Crippen LogP contribution in [0.5, 0.6) is 0 Å². The van der Waals surface area contributed by atoms with Crippen LogP contribution in [0.15, 0.2) is 67.0 Å². The minimum atomic E-state index is -0.0684. The number of hydrogen-bond acceptors (Lipinski definition) is 4. The third-order valence-electron chi connectivity index (χ3n) is 4.69. The number of pyridine rings is 1. The van der Waals surface area contributed by atoms with Gasteiger partial charge in [0.15, 0.2) is 0 Å². The number of hydrogen-bond donors (Lipinski definition) is 1. The number of carbonyl (C=O) groups is 2. The first-order valence-electron chi connectivity index (χ1n) is 9.67. The maximum absolute atomic E-state index is 12.5. The van der Waals surface area contributed by atoms with Crippen LogP contribution in [0.2, 0.25) is 0 Å². The van der Waals surface area contributed by atoms with Crippen molar-refractivity contribution < 1.29 is 9.59 Å². The number of aromatic nitrogens is 1. The van der Waals surface area contributed by atoms with Crippen molar-refractivity contribution in [1.29, 1.82) is 0 Å². The average Bonchev–Trinajstić information content (AvgIpc) is 2.74. The molecule has 0 aliphatic carbocycles. The summed E-state index contributed by atoms with van der Waals surface area (Å²) in [5, 5.41) is 3.39. The molecule has 2 aromatic carbocycles. The second kappa shape index (κ2) is 9.22. The van der Waals surface area contributed by atoms with E-state index in [1.54, 1.807) is 50.4 Å².